The van der Waals surface area contributed by atoms with Crippen LogP contribution in [0.3, 0.4) is 0 Å². The number of nitrogens with one attached hydrogen (secondary N) is 1. The smallest absolute Gasteiger partial charge is 0.251 e. The summed E-state index contributed by atoms with van der Waals surface area (Å²) in [5.74, 6) is -0.306. The highest BCUT2D eigenvalue weighted by Crippen LogP contribution is 2.17. The van der Waals surface area contributed by atoms with Crippen molar-refractivity contribution in [2.75, 3.05) is 13.2 Å². The fourth-order valence-electron chi connectivity index (χ4n) is 1.32. The first kappa shape index (κ1) is 13.6. The molecule has 1 N–H and O–H groups in total. The Morgan fingerprint density at radius 3 is 3.06 bits per heavy atom. The summed E-state index contributed by atoms with van der Waals surface area (Å²) < 4.78 is 19.1. The molecular formula is C13H19FN2O. The largest absolute Gasteiger partial charge is 0.471 e. The summed E-state index contributed by atoms with van der Waals surface area (Å²) in [6, 6.07) is 1.67. The van der Waals surface area contributed by atoms with Crippen LogP contribution in [0.2, 0.25) is 0 Å². The highest BCUT2D eigenvalue weighted by molar-refractivity contribution is 5.23. The average Bonchev–Trinajstić information content (AvgIpc) is 2.34. The van der Waals surface area contributed by atoms with Crippen molar-refractivity contribution in [2.45, 2.75) is 26.8 Å². The molecule has 1 aromatic rings. The molecule has 4 heteroatoms. The van der Waals surface area contributed by atoms with E-state index in [9.17, 15) is 4.39 Å². The second-order valence-corrected chi connectivity index (χ2v) is 3.65. The van der Waals surface area contributed by atoms with Gasteiger partial charge in [0.2, 0.25) is 0 Å². The standard InChI is InChI=1S/C13H19FN2O/c1-3-5-9-17-13-12(14)11(6-8-16-13)10-15-7-4-2/h3,5-6,8,15H,4,7,9-10H2,1-2H3/b5-3+. The zero-order valence-electron chi connectivity index (χ0n) is 10.4. The molecule has 0 atom stereocenters. The molecule has 0 aliphatic rings. The van der Waals surface area contributed by atoms with Gasteiger partial charge in [0.15, 0.2) is 5.82 Å². The quantitative estimate of drug-likeness (QED) is 0.586. The molecule has 1 heterocycles. The molecule has 17 heavy (non-hydrogen) atoms. The first-order chi connectivity index (χ1) is 8.29. The summed E-state index contributed by atoms with van der Waals surface area (Å²) in [6.45, 7) is 5.67. The van der Waals surface area contributed by atoms with E-state index in [-0.39, 0.29) is 11.7 Å². The lowest BCUT2D eigenvalue weighted by Crippen LogP contribution is -2.15. The molecule has 0 spiro atoms. The average molecular weight is 238 g/mol. The molecule has 0 amide bonds. The number of allylic oxidation sites excluding steroid dienone is 1. The van der Waals surface area contributed by atoms with Crippen LogP contribution in [-0.4, -0.2) is 18.1 Å². The Morgan fingerprint density at radius 2 is 2.35 bits per heavy atom. The van der Waals surface area contributed by atoms with Crippen molar-refractivity contribution in [3.8, 4) is 5.88 Å². The second-order valence-electron chi connectivity index (χ2n) is 3.65. The third kappa shape index (κ3) is 4.53. The number of nitrogens with zero attached hydrogens (tertiary/aromatic N) is 1. The van der Waals surface area contributed by atoms with E-state index in [0.29, 0.717) is 18.7 Å². The van der Waals surface area contributed by atoms with Gasteiger partial charge in [-0.15, -0.1) is 0 Å². The van der Waals surface area contributed by atoms with Crippen LogP contribution in [0.1, 0.15) is 25.8 Å². The van der Waals surface area contributed by atoms with Crippen molar-refractivity contribution >= 4 is 0 Å². The Morgan fingerprint density at radius 1 is 1.53 bits per heavy atom. The maximum Gasteiger partial charge on any atom is 0.251 e. The zero-order valence-corrected chi connectivity index (χ0v) is 10.4. The molecule has 3 nitrogen and oxygen atoms in total. The van der Waals surface area contributed by atoms with Gasteiger partial charge in [-0.3, -0.25) is 0 Å². The van der Waals surface area contributed by atoms with Crippen LogP contribution in [0.5, 0.6) is 5.88 Å². The number of hydrogen-bond acceptors (Lipinski definition) is 3. The summed E-state index contributed by atoms with van der Waals surface area (Å²) >= 11 is 0. The molecule has 0 fully saturated rings. The van der Waals surface area contributed by atoms with Crippen molar-refractivity contribution in [3.63, 3.8) is 0 Å². The van der Waals surface area contributed by atoms with Gasteiger partial charge in [-0.1, -0.05) is 19.1 Å². The summed E-state index contributed by atoms with van der Waals surface area (Å²) in [4.78, 5) is 3.88. The highest BCUT2D eigenvalue weighted by Gasteiger charge is 2.09. The Balaban J connectivity index is 2.62. The van der Waals surface area contributed by atoms with Crippen molar-refractivity contribution in [1.82, 2.24) is 10.3 Å². The molecule has 1 aromatic heterocycles. The lowest BCUT2D eigenvalue weighted by molar-refractivity contribution is 0.324. The maximum absolute atomic E-state index is 13.9. The topological polar surface area (TPSA) is 34.1 Å². The predicted molar refractivity (Wildman–Crippen MR) is 66.5 cm³/mol. The number of ether oxygens (including phenoxy) is 1. The first-order valence-electron chi connectivity index (χ1n) is 5.87. The van der Waals surface area contributed by atoms with Crippen molar-refractivity contribution < 1.29 is 9.13 Å². The Hall–Kier alpha value is -1.42. The Kier molecular flexibility index (Phi) is 6.25. The van der Waals surface area contributed by atoms with Crippen LogP contribution in [-0.2, 0) is 6.54 Å². The minimum Gasteiger partial charge on any atom is -0.471 e. The molecule has 0 saturated heterocycles. The van der Waals surface area contributed by atoms with E-state index in [1.54, 1.807) is 12.3 Å². The van der Waals surface area contributed by atoms with E-state index < -0.39 is 0 Å². The molecule has 0 bridgehead atoms. The SMILES string of the molecule is C/C=C/COc1nccc(CNCCC)c1F. The van der Waals surface area contributed by atoms with Gasteiger partial charge in [0.1, 0.15) is 6.61 Å². The fourth-order valence-corrected chi connectivity index (χ4v) is 1.32. The Bertz CT molecular complexity index is 366. The Labute approximate surface area is 102 Å². The van der Waals surface area contributed by atoms with Crippen molar-refractivity contribution in [3.05, 3.63) is 35.8 Å². The van der Waals surface area contributed by atoms with E-state index in [1.165, 1.54) is 0 Å². The fraction of sp³-hybridized carbons (Fsp3) is 0.462. The van der Waals surface area contributed by atoms with E-state index in [2.05, 4.69) is 17.2 Å². The number of hydrogen-bond donors (Lipinski definition) is 1. The van der Waals surface area contributed by atoms with Crippen molar-refractivity contribution in [2.24, 2.45) is 0 Å². The van der Waals surface area contributed by atoms with Crippen LogP contribution in [0, 0.1) is 5.82 Å². The number of halogens is 1. The van der Waals surface area contributed by atoms with Crippen LogP contribution in [0.15, 0.2) is 24.4 Å². The summed E-state index contributed by atoms with van der Waals surface area (Å²) in [7, 11) is 0. The van der Waals surface area contributed by atoms with E-state index in [4.69, 9.17) is 4.74 Å². The molecule has 0 aromatic carbocycles. The maximum atomic E-state index is 13.9. The molecule has 0 aliphatic heterocycles. The minimum atomic E-state index is -0.374. The third-order valence-corrected chi connectivity index (χ3v) is 2.23. The molecule has 0 radical (unpaired) electrons. The third-order valence-electron chi connectivity index (χ3n) is 2.23. The molecule has 1 rings (SSSR count). The van der Waals surface area contributed by atoms with Gasteiger partial charge in [-0.2, -0.15) is 0 Å². The lowest BCUT2D eigenvalue weighted by Gasteiger charge is -2.08. The molecule has 0 saturated carbocycles. The van der Waals surface area contributed by atoms with Gasteiger partial charge in [-0.05, 0) is 26.0 Å². The van der Waals surface area contributed by atoms with Crippen LogP contribution < -0.4 is 10.1 Å². The van der Waals surface area contributed by atoms with E-state index in [1.807, 2.05) is 19.1 Å². The van der Waals surface area contributed by atoms with Gasteiger partial charge in [0.25, 0.3) is 5.88 Å². The minimum absolute atomic E-state index is 0.0684. The predicted octanol–water partition coefficient (Wildman–Crippen LogP) is 2.68. The van der Waals surface area contributed by atoms with Gasteiger partial charge < -0.3 is 10.1 Å². The highest BCUT2D eigenvalue weighted by atomic mass is 19.1. The monoisotopic (exact) mass is 238 g/mol. The van der Waals surface area contributed by atoms with Gasteiger partial charge >= 0.3 is 0 Å². The van der Waals surface area contributed by atoms with Crippen LogP contribution in [0.4, 0.5) is 4.39 Å². The van der Waals surface area contributed by atoms with Gasteiger partial charge in [0, 0.05) is 18.3 Å². The van der Waals surface area contributed by atoms with Gasteiger partial charge in [0.05, 0.1) is 0 Å². The number of aromatic nitrogens is 1. The van der Waals surface area contributed by atoms with E-state index in [0.717, 1.165) is 13.0 Å². The van der Waals surface area contributed by atoms with Crippen LogP contribution >= 0.6 is 0 Å². The van der Waals surface area contributed by atoms with Crippen LogP contribution in [0.25, 0.3) is 0 Å². The molecular weight excluding hydrogens is 219 g/mol. The van der Waals surface area contributed by atoms with Gasteiger partial charge in [-0.25, -0.2) is 9.37 Å². The van der Waals surface area contributed by atoms with Crippen molar-refractivity contribution in [1.29, 1.82) is 0 Å². The molecule has 94 valence electrons. The number of rotatable bonds is 7. The second kappa shape index (κ2) is 7.79. The summed E-state index contributed by atoms with van der Waals surface area (Å²) in [5, 5.41) is 3.15. The zero-order chi connectivity index (χ0) is 12.5. The summed E-state index contributed by atoms with van der Waals surface area (Å²) in [5.41, 5.74) is 0.587. The first-order valence-corrected chi connectivity index (χ1v) is 5.87. The molecule has 0 aliphatic carbocycles. The molecule has 0 unspecified atom stereocenters. The summed E-state index contributed by atoms with van der Waals surface area (Å²) in [6.07, 6.45) is 6.25. The lowest BCUT2D eigenvalue weighted by atomic mass is 10.2. The number of pyridine rings is 1. The normalized spacial score (nSPS) is 11.0. The van der Waals surface area contributed by atoms with E-state index >= 15 is 0 Å².